The van der Waals surface area contributed by atoms with Gasteiger partial charge in [-0.3, -0.25) is 10.1 Å². The van der Waals surface area contributed by atoms with Crippen LogP contribution in [0.25, 0.3) is 0 Å². The quantitative estimate of drug-likeness (QED) is 0.461. The van der Waals surface area contributed by atoms with Crippen molar-refractivity contribution in [2.45, 2.75) is 84.0 Å². The highest BCUT2D eigenvalue weighted by molar-refractivity contribution is 5.96. The molecule has 0 spiro atoms. The molecule has 0 radical (unpaired) electrons. The van der Waals surface area contributed by atoms with E-state index in [0.29, 0.717) is 0 Å². The first-order valence-corrected chi connectivity index (χ1v) is 8.96. The van der Waals surface area contributed by atoms with Gasteiger partial charge in [0.2, 0.25) is 6.20 Å². The van der Waals surface area contributed by atoms with Crippen molar-refractivity contribution in [3.05, 3.63) is 22.4 Å². The number of imide groups is 1. The second-order valence-corrected chi connectivity index (χ2v) is 8.53. The molecule has 172 valence electrons. The van der Waals surface area contributed by atoms with Crippen molar-refractivity contribution in [3.8, 4) is 0 Å². The summed E-state index contributed by atoms with van der Waals surface area (Å²) in [5.41, 5.74) is -5.19. The van der Waals surface area contributed by atoms with E-state index in [2.05, 4.69) is 0 Å². The van der Waals surface area contributed by atoms with E-state index in [0.717, 1.165) is 0 Å². The minimum Gasteiger partial charge on any atom is -0.479 e. The Bertz CT molecular complexity index is 682. The van der Waals surface area contributed by atoms with Crippen molar-refractivity contribution in [2.24, 2.45) is 0 Å². The molecular formula is C18H28F2N2O8. The number of halogens is 2. The van der Waals surface area contributed by atoms with Crippen LogP contribution in [0.2, 0.25) is 0 Å². The van der Waals surface area contributed by atoms with E-state index in [1.807, 2.05) is 0 Å². The summed E-state index contributed by atoms with van der Waals surface area (Å²) in [6.45, 7) is 9.76. The molecule has 0 saturated carbocycles. The number of carboxylic acids is 1. The summed E-state index contributed by atoms with van der Waals surface area (Å²) in [5.74, 6) is -5.99. The van der Waals surface area contributed by atoms with Gasteiger partial charge in [-0.25, -0.2) is 23.2 Å². The van der Waals surface area contributed by atoms with Crippen molar-refractivity contribution in [3.63, 3.8) is 0 Å². The summed E-state index contributed by atoms with van der Waals surface area (Å²) in [5, 5.41) is 20.2. The van der Waals surface area contributed by atoms with Crippen LogP contribution in [0.15, 0.2) is 12.3 Å². The number of carbonyl (C=O) groups excluding carboxylic acids is 2. The van der Waals surface area contributed by atoms with Gasteiger partial charge in [0.15, 0.2) is 5.54 Å². The topological polar surface area (TPSA) is 136 Å². The van der Waals surface area contributed by atoms with Crippen LogP contribution in [0.4, 0.5) is 18.4 Å². The molecule has 0 unspecified atom stereocenters. The first-order valence-electron chi connectivity index (χ1n) is 8.96. The highest BCUT2D eigenvalue weighted by atomic mass is 19.3. The van der Waals surface area contributed by atoms with Crippen LogP contribution >= 0.6 is 0 Å². The van der Waals surface area contributed by atoms with E-state index in [1.165, 1.54) is 48.5 Å². The summed E-state index contributed by atoms with van der Waals surface area (Å²) in [6.07, 6.45) is -5.45. The van der Waals surface area contributed by atoms with Crippen molar-refractivity contribution in [1.29, 1.82) is 0 Å². The lowest BCUT2D eigenvalue weighted by atomic mass is 9.87. The lowest BCUT2D eigenvalue weighted by Gasteiger charge is -2.40. The molecule has 1 N–H and O–H groups in total. The molecule has 0 fully saturated rings. The van der Waals surface area contributed by atoms with Crippen molar-refractivity contribution in [2.75, 3.05) is 0 Å². The predicted molar refractivity (Wildman–Crippen MR) is 101 cm³/mol. The maximum Gasteiger partial charge on any atom is 0.420 e. The molecule has 0 rings (SSSR count). The Balaban J connectivity index is 6.55. The molecule has 0 heterocycles. The predicted octanol–water partition coefficient (Wildman–Crippen LogP) is 4.21. The zero-order valence-corrected chi connectivity index (χ0v) is 18.0. The first-order chi connectivity index (χ1) is 13.3. The minimum atomic E-state index is -4.05. The molecule has 10 nitrogen and oxygen atoms in total. The molecule has 0 saturated heterocycles. The molecule has 0 bridgehead atoms. The SMILES string of the molecule is CC[C@](CC(F)(F)C=C[N+](=O)[O-])(C(=O)O)N(C(=O)OC(C)(C)C)C(=O)OC(C)(C)C. The molecule has 0 aromatic heterocycles. The second-order valence-electron chi connectivity index (χ2n) is 8.53. The number of hydrogen-bond acceptors (Lipinski definition) is 7. The zero-order valence-electron chi connectivity index (χ0n) is 18.0. The Morgan fingerprint density at radius 3 is 1.70 bits per heavy atom. The van der Waals surface area contributed by atoms with Gasteiger partial charge in [0.25, 0.3) is 5.92 Å². The molecule has 0 aliphatic rings. The van der Waals surface area contributed by atoms with Gasteiger partial charge >= 0.3 is 18.2 Å². The Labute approximate surface area is 173 Å². The fourth-order valence-electron chi connectivity index (χ4n) is 2.34. The lowest BCUT2D eigenvalue weighted by molar-refractivity contribution is -0.403. The normalized spacial score (nSPS) is 14.7. The Morgan fingerprint density at radius 2 is 1.43 bits per heavy atom. The first kappa shape index (κ1) is 27.2. The third-order valence-corrected chi connectivity index (χ3v) is 3.53. The fourth-order valence-corrected chi connectivity index (χ4v) is 2.34. The average molecular weight is 438 g/mol. The number of nitrogens with zero attached hydrogens (tertiary/aromatic N) is 2. The third-order valence-electron chi connectivity index (χ3n) is 3.53. The fraction of sp³-hybridized carbons (Fsp3) is 0.722. The van der Waals surface area contributed by atoms with E-state index in [9.17, 15) is 38.4 Å². The van der Waals surface area contributed by atoms with Gasteiger partial charge < -0.3 is 14.6 Å². The summed E-state index contributed by atoms with van der Waals surface area (Å²) >= 11 is 0. The second kappa shape index (κ2) is 9.35. The number of ether oxygens (including phenoxy) is 2. The number of nitro groups is 1. The van der Waals surface area contributed by atoms with Crippen molar-refractivity contribution < 1.29 is 42.7 Å². The number of rotatable bonds is 7. The summed E-state index contributed by atoms with van der Waals surface area (Å²) < 4.78 is 38.9. The Morgan fingerprint density at radius 1 is 1.03 bits per heavy atom. The Kier molecular flexibility index (Phi) is 8.48. The maximum absolute atomic E-state index is 14.4. The van der Waals surface area contributed by atoms with Crippen LogP contribution in [-0.4, -0.2) is 55.7 Å². The smallest absolute Gasteiger partial charge is 0.420 e. The van der Waals surface area contributed by atoms with E-state index in [1.54, 1.807) is 0 Å². The minimum absolute atomic E-state index is 0.000255. The van der Waals surface area contributed by atoms with Crippen LogP contribution in [0, 0.1) is 10.1 Å². The molecule has 1 atom stereocenters. The van der Waals surface area contributed by atoms with E-state index in [-0.39, 0.29) is 17.2 Å². The number of aliphatic carboxylic acids is 1. The molecular weight excluding hydrogens is 410 g/mol. The molecule has 2 amide bonds. The highest BCUT2D eigenvalue weighted by Crippen LogP contribution is 2.36. The van der Waals surface area contributed by atoms with Crippen LogP contribution < -0.4 is 0 Å². The number of alkyl halides is 2. The van der Waals surface area contributed by atoms with E-state index < -0.39 is 58.6 Å². The number of amides is 2. The van der Waals surface area contributed by atoms with Crippen molar-refractivity contribution >= 4 is 18.2 Å². The number of hydrogen-bond donors (Lipinski definition) is 1. The monoisotopic (exact) mass is 438 g/mol. The van der Waals surface area contributed by atoms with Gasteiger partial charge in [-0.2, -0.15) is 4.90 Å². The van der Waals surface area contributed by atoms with Gasteiger partial charge in [0.1, 0.15) is 11.2 Å². The molecule has 0 aromatic rings. The van der Waals surface area contributed by atoms with Gasteiger partial charge in [-0.15, -0.1) is 0 Å². The van der Waals surface area contributed by atoms with E-state index >= 15 is 0 Å². The van der Waals surface area contributed by atoms with E-state index in [4.69, 9.17) is 9.47 Å². The molecule has 0 aliphatic carbocycles. The number of allylic oxidation sites excluding steroid dienone is 1. The summed E-state index contributed by atoms with van der Waals surface area (Å²) in [6, 6.07) is 0. The van der Waals surface area contributed by atoms with Gasteiger partial charge in [0.05, 0.1) is 17.4 Å². The number of carbonyl (C=O) groups is 3. The third kappa shape index (κ3) is 8.29. The standard InChI is InChI=1S/C18H28F2N2O8/c1-8-17(12(23)24,11-18(19,20)9-10-21(27)28)22(13(25)29-15(2,3)4)14(26)30-16(5,6)7/h9-10H,8,11H2,1-7H3,(H,23,24)/t17-/m0/s1. The van der Waals surface area contributed by atoms with Gasteiger partial charge in [-0.1, -0.05) is 6.92 Å². The van der Waals surface area contributed by atoms with Crippen LogP contribution in [-0.2, 0) is 14.3 Å². The molecule has 0 aromatic carbocycles. The number of carboxylic acid groups (broad SMARTS) is 1. The molecule has 12 heteroatoms. The van der Waals surface area contributed by atoms with Crippen LogP contribution in [0.5, 0.6) is 0 Å². The molecule has 30 heavy (non-hydrogen) atoms. The van der Waals surface area contributed by atoms with Crippen molar-refractivity contribution in [1.82, 2.24) is 4.90 Å². The largest absolute Gasteiger partial charge is 0.479 e. The van der Waals surface area contributed by atoms with Crippen LogP contribution in [0.1, 0.15) is 61.3 Å². The van der Waals surface area contributed by atoms with Gasteiger partial charge in [0, 0.05) is 0 Å². The summed E-state index contributed by atoms with van der Waals surface area (Å²) in [7, 11) is 0. The average Bonchev–Trinajstić information content (AvgIpc) is 2.48. The molecule has 0 aliphatic heterocycles. The maximum atomic E-state index is 14.4. The highest BCUT2D eigenvalue weighted by Gasteiger charge is 2.56. The van der Waals surface area contributed by atoms with Crippen LogP contribution in [0.3, 0.4) is 0 Å². The van der Waals surface area contributed by atoms with Gasteiger partial charge in [-0.05, 0) is 48.0 Å². The zero-order chi connectivity index (χ0) is 24.1. The lowest BCUT2D eigenvalue weighted by Crippen LogP contribution is -2.62. The Hall–Kier alpha value is -2.79. The summed E-state index contributed by atoms with van der Waals surface area (Å²) in [4.78, 5) is 46.8.